The van der Waals surface area contributed by atoms with Gasteiger partial charge >= 0.3 is 11.9 Å². The van der Waals surface area contributed by atoms with Crippen molar-refractivity contribution in [1.82, 2.24) is 10.1 Å². The van der Waals surface area contributed by atoms with Crippen LogP contribution in [0.1, 0.15) is 31.4 Å². The van der Waals surface area contributed by atoms with E-state index in [1.807, 2.05) is 6.92 Å². The van der Waals surface area contributed by atoms with Crippen molar-refractivity contribution in [1.29, 1.82) is 0 Å². The maximum Gasteiger partial charge on any atom is 0.336 e. The molecule has 0 radical (unpaired) electrons. The summed E-state index contributed by atoms with van der Waals surface area (Å²) in [5, 5.41) is 13.7. The average Bonchev–Trinajstić information content (AvgIpc) is 3.11. The van der Waals surface area contributed by atoms with Crippen molar-refractivity contribution in [2.75, 3.05) is 26.2 Å². The number of aliphatic hydroxyl groups is 1. The quantitative estimate of drug-likeness (QED) is 0.611. The summed E-state index contributed by atoms with van der Waals surface area (Å²) in [6.45, 7) is 4.57. The van der Waals surface area contributed by atoms with Crippen molar-refractivity contribution >= 4 is 22.9 Å². The fourth-order valence-electron chi connectivity index (χ4n) is 3.81. The van der Waals surface area contributed by atoms with Crippen molar-refractivity contribution < 1.29 is 33.1 Å². The summed E-state index contributed by atoms with van der Waals surface area (Å²) in [5.74, 6) is -2.97. The summed E-state index contributed by atoms with van der Waals surface area (Å²) in [4.78, 5) is 26.0. The molecule has 0 saturated carbocycles. The van der Waals surface area contributed by atoms with Gasteiger partial charge in [0.25, 0.3) is 0 Å². The third-order valence-corrected chi connectivity index (χ3v) is 5.27. The molecule has 1 saturated heterocycles. The Balaban J connectivity index is 1.67. The number of esters is 2. The highest BCUT2D eigenvalue weighted by Gasteiger charge is 2.31. The van der Waals surface area contributed by atoms with Crippen molar-refractivity contribution in [2.24, 2.45) is 5.92 Å². The Bertz CT molecular complexity index is 977. The first-order valence-electron chi connectivity index (χ1n) is 9.53. The van der Waals surface area contributed by atoms with Gasteiger partial charge in [-0.3, -0.25) is 0 Å². The van der Waals surface area contributed by atoms with Crippen LogP contribution in [0, 0.1) is 11.7 Å². The normalized spacial score (nSPS) is 20.5. The molecule has 1 aromatic heterocycles. The number of aromatic nitrogens is 1. The Morgan fingerprint density at radius 3 is 2.52 bits per heavy atom. The minimum Gasteiger partial charge on any atom is -0.418 e. The molecule has 4 rings (SSSR count). The predicted molar refractivity (Wildman–Crippen MR) is 99.0 cm³/mol. The zero-order chi connectivity index (χ0) is 20.5. The third kappa shape index (κ3) is 3.88. The Morgan fingerprint density at radius 2 is 1.86 bits per heavy atom. The summed E-state index contributed by atoms with van der Waals surface area (Å²) in [5.41, 5.74) is 0.681. The van der Waals surface area contributed by atoms with Gasteiger partial charge < -0.3 is 24.0 Å². The van der Waals surface area contributed by atoms with E-state index >= 15 is 0 Å². The van der Waals surface area contributed by atoms with Gasteiger partial charge in [0.15, 0.2) is 17.1 Å². The predicted octanol–water partition coefficient (Wildman–Crippen LogP) is 2.16. The van der Waals surface area contributed by atoms with Crippen LogP contribution in [0.25, 0.3) is 11.0 Å². The maximum atomic E-state index is 14.5. The first-order chi connectivity index (χ1) is 14.0. The molecule has 0 spiro atoms. The number of carbonyl (C=O) groups excluding carboxylic acids is 2. The molecular formula is C20H21FN2O6. The summed E-state index contributed by atoms with van der Waals surface area (Å²) >= 11 is 0. The molecule has 0 amide bonds. The largest absolute Gasteiger partial charge is 0.418 e. The highest BCUT2D eigenvalue weighted by atomic mass is 19.1. The minimum atomic E-state index is -0.875. The number of hydrogen-bond donors (Lipinski definition) is 1. The van der Waals surface area contributed by atoms with E-state index in [0.717, 1.165) is 50.7 Å². The van der Waals surface area contributed by atoms with Crippen molar-refractivity contribution in [2.45, 2.75) is 25.7 Å². The second-order valence-electron chi connectivity index (χ2n) is 7.50. The molecule has 1 aromatic carbocycles. The van der Waals surface area contributed by atoms with Crippen molar-refractivity contribution in [3.8, 4) is 11.5 Å². The van der Waals surface area contributed by atoms with Gasteiger partial charge in [-0.25, -0.2) is 14.0 Å². The van der Waals surface area contributed by atoms with Gasteiger partial charge in [0, 0.05) is 37.3 Å². The van der Waals surface area contributed by atoms with E-state index in [2.05, 4.69) is 10.1 Å². The lowest BCUT2D eigenvalue weighted by atomic mass is 9.91. The van der Waals surface area contributed by atoms with Gasteiger partial charge in [0.1, 0.15) is 0 Å². The second kappa shape index (κ2) is 7.92. The number of nitrogens with zero attached hydrogens (tertiary/aromatic N) is 2. The number of hydrogen-bond acceptors (Lipinski definition) is 8. The number of carbonyl (C=O) groups is 2. The number of likely N-dealkylation sites (tertiary alicyclic amines) is 1. The number of benzene rings is 1. The summed E-state index contributed by atoms with van der Waals surface area (Å²) in [6.07, 6.45) is 3.36. The minimum absolute atomic E-state index is 0.0156. The van der Waals surface area contributed by atoms with Crippen LogP contribution >= 0.6 is 0 Å². The van der Waals surface area contributed by atoms with Crippen LogP contribution < -0.4 is 9.47 Å². The third-order valence-electron chi connectivity index (χ3n) is 5.27. The highest BCUT2D eigenvalue weighted by Crippen LogP contribution is 2.44. The molecule has 2 aliphatic rings. The molecule has 1 atom stereocenters. The van der Waals surface area contributed by atoms with E-state index in [1.165, 1.54) is 0 Å². The molecule has 3 heterocycles. The fourth-order valence-corrected chi connectivity index (χ4v) is 3.81. The first-order valence-corrected chi connectivity index (χ1v) is 9.53. The summed E-state index contributed by atoms with van der Waals surface area (Å²) in [7, 11) is 0. The maximum absolute atomic E-state index is 14.5. The molecule has 2 aromatic rings. The zero-order valence-electron chi connectivity index (χ0n) is 15.9. The second-order valence-corrected chi connectivity index (χ2v) is 7.50. The molecule has 8 nitrogen and oxygen atoms in total. The lowest BCUT2D eigenvalue weighted by Gasteiger charge is -2.32. The number of rotatable bonds is 4. The van der Waals surface area contributed by atoms with E-state index in [0.29, 0.717) is 11.1 Å². The van der Waals surface area contributed by atoms with Gasteiger partial charge in [0.2, 0.25) is 5.75 Å². The van der Waals surface area contributed by atoms with Gasteiger partial charge in [-0.05, 0) is 31.8 Å². The van der Waals surface area contributed by atoms with Gasteiger partial charge in [-0.1, -0.05) is 12.1 Å². The van der Waals surface area contributed by atoms with Gasteiger partial charge in [-0.2, -0.15) is 0 Å². The van der Waals surface area contributed by atoms with Crippen LogP contribution in [-0.2, 0) is 9.59 Å². The van der Waals surface area contributed by atoms with Crippen LogP contribution in [-0.4, -0.2) is 53.3 Å². The topological polar surface area (TPSA) is 102 Å². The molecule has 0 bridgehead atoms. The SMILES string of the molecule is C[C@H](CO)CN1CCC(c2noc3cc(F)c4c(c23)OC(=O)/C=C/C(=O)O4)CC1. The Hall–Kier alpha value is -2.78. The number of aliphatic hydroxyl groups excluding tert-OH is 1. The first kappa shape index (κ1) is 19.5. The number of fused-ring (bicyclic) bond motifs is 3. The molecule has 0 unspecified atom stereocenters. The van der Waals surface area contributed by atoms with Gasteiger partial charge in [0.05, 0.1) is 11.1 Å². The lowest BCUT2D eigenvalue weighted by Crippen LogP contribution is -2.36. The molecular weight excluding hydrogens is 383 g/mol. The van der Waals surface area contributed by atoms with E-state index in [4.69, 9.17) is 14.0 Å². The Morgan fingerprint density at radius 1 is 1.21 bits per heavy atom. The zero-order valence-corrected chi connectivity index (χ0v) is 15.9. The number of piperidine rings is 1. The Kier molecular flexibility index (Phi) is 5.33. The van der Waals surface area contributed by atoms with E-state index in [9.17, 15) is 19.1 Å². The molecule has 1 fully saturated rings. The lowest BCUT2D eigenvalue weighted by molar-refractivity contribution is -0.133. The van der Waals surface area contributed by atoms with E-state index < -0.39 is 23.5 Å². The smallest absolute Gasteiger partial charge is 0.336 e. The van der Waals surface area contributed by atoms with E-state index in [1.54, 1.807) is 0 Å². The fraction of sp³-hybridized carbons (Fsp3) is 0.450. The highest BCUT2D eigenvalue weighted by molar-refractivity contribution is 5.99. The summed E-state index contributed by atoms with van der Waals surface area (Å²) < 4.78 is 30.1. The van der Waals surface area contributed by atoms with Crippen LogP contribution in [0.15, 0.2) is 22.7 Å². The Labute approximate surface area is 165 Å². The molecule has 9 heteroatoms. The van der Waals surface area contributed by atoms with Crippen LogP contribution in [0.4, 0.5) is 4.39 Å². The summed E-state index contributed by atoms with van der Waals surface area (Å²) in [6, 6.07) is 1.08. The monoisotopic (exact) mass is 404 g/mol. The molecule has 0 aliphatic carbocycles. The van der Waals surface area contributed by atoms with Crippen LogP contribution in [0.5, 0.6) is 11.5 Å². The standard InChI is InChI=1S/C20H21FN2O6/c1-11(10-24)9-23-6-4-12(5-7-23)18-17-14(29-22-18)8-13(21)19-20(17)28-16(26)3-2-15(25)27-19/h2-3,8,11-12,24H,4-7,9-10H2,1H3/b3-2+/t11-/m0/s1. The molecule has 29 heavy (non-hydrogen) atoms. The molecule has 1 N–H and O–H groups in total. The van der Waals surface area contributed by atoms with E-state index in [-0.39, 0.29) is 29.8 Å². The van der Waals surface area contributed by atoms with Crippen molar-refractivity contribution in [3.63, 3.8) is 0 Å². The van der Waals surface area contributed by atoms with Gasteiger partial charge in [-0.15, -0.1) is 0 Å². The molecule has 2 aliphatic heterocycles. The number of ether oxygens (including phenoxy) is 2. The average molecular weight is 404 g/mol. The van der Waals surface area contributed by atoms with Crippen LogP contribution in [0.3, 0.4) is 0 Å². The van der Waals surface area contributed by atoms with Crippen molar-refractivity contribution in [3.05, 3.63) is 29.7 Å². The number of halogens is 1. The van der Waals surface area contributed by atoms with Crippen LogP contribution in [0.2, 0.25) is 0 Å². The molecule has 154 valence electrons.